The van der Waals surface area contributed by atoms with E-state index in [1.54, 1.807) is 23.5 Å². The number of hydrogen-bond acceptors (Lipinski definition) is 6. The largest absolute Gasteiger partial charge is 0.339 e. The summed E-state index contributed by atoms with van der Waals surface area (Å²) >= 11 is 1.58. The van der Waals surface area contributed by atoms with Crippen molar-refractivity contribution in [3.05, 3.63) is 33.9 Å². The van der Waals surface area contributed by atoms with E-state index in [0.29, 0.717) is 24.8 Å². The van der Waals surface area contributed by atoms with Crippen molar-refractivity contribution in [3.63, 3.8) is 0 Å². The summed E-state index contributed by atoms with van der Waals surface area (Å²) in [5.41, 5.74) is 0.840. The Morgan fingerprint density at radius 1 is 1.36 bits per heavy atom. The maximum atomic E-state index is 12.2. The summed E-state index contributed by atoms with van der Waals surface area (Å²) in [4.78, 5) is 22.6. The highest BCUT2D eigenvalue weighted by atomic mass is 32.1. The molecule has 3 heterocycles. The number of likely N-dealkylation sites (tertiary alicyclic amines) is 1. The van der Waals surface area contributed by atoms with Gasteiger partial charge in [-0.2, -0.15) is 4.98 Å². The van der Waals surface area contributed by atoms with Gasteiger partial charge in [-0.1, -0.05) is 5.16 Å². The number of carbonyl (C=O) groups is 1. The second-order valence-corrected chi connectivity index (χ2v) is 6.47. The zero-order chi connectivity index (χ0) is 15.5. The minimum atomic E-state index is 0.0332. The van der Waals surface area contributed by atoms with E-state index < -0.39 is 0 Å². The van der Waals surface area contributed by atoms with Gasteiger partial charge in [0.15, 0.2) is 5.82 Å². The van der Waals surface area contributed by atoms with Crippen LogP contribution < -0.4 is 0 Å². The summed E-state index contributed by atoms with van der Waals surface area (Å²) in [7, 11) is 0. The molecule has 1 fully saturated rings. The normalized spacial score (nSPS) is 16.5. The van der Waals surface area contributed by atoms with Crippen LogP contribution in [0.5, 0.6) is 0 Å². The average Bonchev–Trinajstić information content (AvgIpc) is 3.13. The summed E-state index contributed by atoms with van der Waals surface area (Å²) < 4.78 is 5.22. The Bertz CT molecular complexity index is 683. The summed E-state index contributed by atoms with van der Waals surface area (Å²) in [6.45, 7) is 5.20. The van der Waals surface area contributed by atoms with Crippen molar-refractivity contribution < 1.29 is 9.32 Å². The van der Waals surface area contributed by atoms with Crippen LogP contribution in [-0.4, -0.2) is 39.0 Å². The van der Waals surface area contributed by atoms with Gasteiger partial charge < -0.3 is 9.42 Å². The van der Waals surface area contributed by atoms with Crippen molar-refractivity contribution in [3.8, 4) is 0 Å². The molecule has 0 bridgehead atoms. The highest BCUT2D eigenvalue weighted by molar-refractivity contribution is 7.09. The molecule has 0 spiro atoms. The molecule has 0 radical (unpaired) electrons. The number of amides is 1. The number of piperidine rings is 1. The first kappa shape index (κ1) is 14.9. The number of nitrogens with zero attached hydrogens (tertiary/aromatic N) is 4. The summed E-state index contributed by atoms with van der Waals surface area (Å²) in [6.07, 6.45) is 5.10. The Balaban J connectivity index is 1.54. The molecule has 1 aliphatic heterocycles. The van der Waals surface area contributed by atoms with E-state index in [1.807, 2.05) is 24.1 Å². The molecule has 0 saturated carbocycles. The van der Waals surface area contributed by atoms with E-state index in [2.05, 4.69) is 15.1 Å². The van der Waals surface area contributed by atoms with Crippen LogP contribution >= 0.6 is 11.3 Å². The number of aromatic nitrogens is 3. The molecule has 3 rings (SSSR count). The second-order valence-electron chi connectivity index (χ2n) is 5.40. The van der Waals surface area contributed by atoms with E-state index >= 15 is 0 Å². The zero-order valence-electron chi connectivity index (χ0n) is 12.7. The Morgan fingerprint density at radius 2 is 2.14 bits per heavy atom. The minimum absolute atomic E-state index is 0.0332. The highest BCUT2D eigenvalue weighted by Gasteiger charge is 2.26. The monoisotopic (exact) mass is 318 g/mol. The van der Waals surface area contributed by atoms with Gasteiger partial charge in [0.25, 0.3) is 0 Å². The van der Waals surface area contributed by atoms with Crippen LogP contribution in [0.15, 0.2) is 16.0 Å². The van der Waals surface area contributed by atoms with Gasteiger partial charge in [-0.25, -0.2) is 4.98 Å². The van der Waals surface area contributed by atoms with Crippen LogP contribution in [0.25, 0.3) is 6.08 Å². The fraction of sp³-hybridized carbons (Fsp3) is 0.467. The summed E-state index contributed by atoms with van der Waals surface area (Å²) in [5, 5.41) is 6.78. The third-order valence-electron chi connectivity index (χ3n) is 3.73. The Labute approximate surface area is 132 Å². The van der Waals surface area contributed by atoms with Crippen molar-refractivity contribution >= 4 is 23.3 Å². The lowest BCUT2D eigenvalue weighted by atomic mass is 9.96. The van der Waals surface area contributed by atoms with E-state index in [0.717, 1.165) is 23.5 Å². The Morgan fingerprint density at radius 3 is 2.73 bits per heavy atom. The van der Waals surface area contributed by atoms with Crippen LogP contribution in [-0.2, 0) is 4.79 Å². The lowest BCUT2D eigenvalue weighted by Gasteiger charge is -2.29. The van der Waals surface area contributed by atoms with Gasteiger partial charge in [0, 0.05) is 30.5 Å². The molecule has 116 valence electrons. The fourth-order valence-corrected chi connectivity index (χ4v) is 3.13. The van der Waals surface area contributed by atoms with E-state index in [1.165, 1.54) is 0 Å². The molecule has 1 saturated heterocycles. The molecular weight excluding hydrogens is 300 g/mol. The third kappa shape index (κ3) is 3.41. The molecule has 2 aromatic heterocycles. The molecule has 22 heavy (non-hydrogen) atoms. The Hall–Kier alpha value is -2.02. The summed E-state index contributed by atoms with van der Waals surface area (Å²) in [5.74, 6) is 1.65. The van der Waals surface area contributed by atoms with Gasteiger partial charge in [0.2, 0.25) is 11.8 Å². The van der Waals surface area contributed by atoms with Gasteiger partial charge in [-0.15, -0.1) is 11.3 Å². The van der Waals surface area contributed by atoms with Crippen molar-refractivity contribution in [1.82, 2.24) is 20.0 Å². The SMILES string of the molecule is Cc1noc(C2CCN(C(=O)/C=C/c3csc(C)n3)CC2)n1. The molecular formula is C15H18N4O2S. The van der Waals surface area contributed by atoms with Gasteiger partial charge in [-0.05, 0) is 32.8 Å². The third-order valence-corrected chi connectivity index (χ3v) is 4.52. The Kier molecular flexibility index (Phi) is 4.33. The van der Waals surface area contributed by atoms with Gasteiger partial charge in [-0.3, -0.25) is 4.79 Å². The van der Waals surface area contributed by atoms with Crippen molar-refractivity contribution in [2.45, 2.75) is 32.6 Å². The van der Waals surface area contributed by atoms with Gasteiger partial charge >= 0.3 is 0 Å². The zero-order valence-corrected chi connectivity index (χ0v) is 13.5. The van der Waals surface area contributed by atoms with Crippen LogP contribution in [0.2, 0.25) is 0 Å². The number of carbonyl (C=O) groups excluding carboxylic acids is 1. The summed E-state index contributed by atoms with van der Waals surface area (Å²) in [6, 6.07) is 0. The van der Waals surface area contributed by atoms with E-state index in [-0.39, 0.29) is 11.8 Å². The molecule has 6 nitrogen and oxygen atoms in total. The van der Waals surface area contributed by atoms with Crippen molar-refractivity contribution in [1.29, 1.82) is 0 Å². The van der Waals surface area contributed by atoms with Crippen LogP contribution in [0.3, 0.4) is 0 Å². The molecule has 0 aliphatic carbocycles. The predicted molar refractivity (Wildman–Crippen MR) is 83.5 cm³/mol. The topological polar surface area (TPSA) is 72.1 Å². The van der Waals surface area contributed by atoms with Crippen LogP contribution in [0, 0.1) is 13.8 Å². The lowest BCUT2D eigenvalue weighted by Crippen LogP contribution is -2.36. The smallest absolute Gasteiger partial charge is 0.246 e. The molecule has 0 aromatic carbocycles. The van der Waals surface area contributed by atoms with Gasteiger partial charge in [0.1, 0.15) is 0 Å². The molecule has 1 amide bonds. The maximum absolute atomic E-state index is 12.2. The number of rotatable bonds is 3. The van der Waals surface area contributed by atoms with Gasteiger partial charge in [0.05, 0.1) is 10.7 Å². The second kappa shape index (κ2) is 6.39. The first-order valence-corrected chi connectivity index (χ1v) is 8.19. The fourth-order valence-electron chi connectivity index (χ4n) is 2.54. The standard InChI is InChI=1S/C15H18N4O2S/c1-10-16-15(21-18-10)12-5-7-19(8-6-12)14(20)4-3-13-9-22-11(2)17-13/h3-4,9,12H,5-8H2,1-2H3/b4-3+. The minimum Gasteiger partial charge on any atom is -0.339 e. The molecule has 7 heteroatoms. The van der Waals surface area contributed by atoms with Crippen molar-refractivity contribution in [2.75, 3.05) is 13.1 Å². The number of aryl methyl sites for hydroxylation is 2. The maximum Gasteiger partial charge on any atom is 0.246 e. The molecule has 1 aliphatic rings. The van der Waals surface area contributed by atoms with E-state index in [4.69, 9.17) is 4.52 Å². The average molecular weight is 318 g/mol. The molecule has 2 aromatic rings. The van der Waals surface area contributed by atoms with Crippen LogP contribution in [0.4, 0.5) is 0 Å². The first-order chi connectivity index (χ1) is 10.6. The van der Waals surface area contributed by atoms with E-state index in [9.17, 15) is 4.79 Å². The quantitative estimate of drug-likeness (QED) is 0.813. The lowest BCUT2D eigenvalue weighted by molar-refractivity contribution is -0.127. The predicted octanol–water partition coefficient (Wildman–Crippen LogP) is 2.56. The highest BCUT2D eigenvalue weighted by Crippen LogP contribution is 2.26. The number of thiazole rings is 1. The van der Waals surface area contributed by atoms with Crippen LogP contribution in [0.1, 0.15) is 41.2 Å². The van der Waals surface area contributed by atoms with Crippen molar-refractivity contribution in [2.24, 2.45) is 0 Å². The molecule has 0 unspecified atom stereocenters. The molecule has 0 atom stereocenters. The molecule has 0 N–H and O–H groups in total. The first-order valence-electron chi connectivity index (χ1n) is 7.31. The number of hydrogen-bond donors (Lipinski definition) is 0.